The summed E-state index contributed by atoms with van der Waals surface area (Å²) in [5.74, 6) is -3.65. The number of likely N-dealkylation sites (N-methyl/N-ethyl adjacent to an activating group) is 1. The van der Waals surface area contributed by atoms with Crippen LogP contribution in [-0.2, 0) is 24.0 Å². The predicted octanol–water partition coefficient (Wildman–Crippen LogP) is 0.831. The number of amides is 4. The van der Waals surface area contributed by atoms with E-state index in [1.165, 1.54) is 4.90 Å². The number of carbonyl (C=O) groups excluding carboxylic acids is 6. The molecular formula is C19H20ClN3O8. The highest BCUT2D eigenvalue weighted by Gasteiger charge is 2.36. The largest absolute Gasteiger partial charge is 0.423 e. The zero-order valence-electron chi connectivity index (χ0n) is 17.0. The highest BCUT2D eigenvalue weighted by atomic mass is 35.5. The van der Waals surface area contributed by atoms with E-state index in [-0.39, 0.29) is 35.2 Å². The standard InChI is InChI=1S/C19H20ClN3O8/c1-4-22-5-6-23(18(28)17(22)27)19(29)21-14(9-24)12-7-15(30-10(2)25)16(8-13(12)20)31-11(3)26/h7-9,14H,4-6H2,1-3H3,(H,21,29). The summed E-state index contributed by atoms with van der Waals surface area (Å²) < 4.78 is 9.94. The van der Waals surface area contributed by atoms with E-state index < -0.39 is 35.8 Å². The maximum atomic E-state index is 12.5. The van der Waals surface area contributed by atoms with Crippen molar-refractivity contribution in [3.05, 3.63) is 22.7 Å². The number of piperazine rings is 1. The van der Waals surface area contributed by atoms with E-state index in [4.69, 9.17) is 21.1 Å². The fraction of sp³-hybridized carbons (Fsp3) is 0.368. The molecule has 2 rings (SSSR count). The third-order valence-electron chi connectivity index (χ3n) is 4.26. The van der Waals surface area contributed by atoms with Gasteiger partial charge in [0.25, 0.3) is 0 Å². The molecule has 0 saturated carbocycles. The third-order valence-corrected chi connectivity index (χ3v) is 4.58. The molecular weight excluding hydrogens is 434 g/mol. The SMILES string of the molecule is CCN1CCN(C(=O)NC(C=O)c2cc(OC(C)=O)c(OC(C)=O)cc2Cl)C(=O)C1=O. The minimum Gasteiger partial charge on any atom is -0.423 e. The van der Waals surface area contributed by atoms with Gasteiger partial charge in [-0.05, 0) is 13.0 Å². The van der Waals surface area contributed by atoms with Crippen molar-refractivity contribution in [2.75, 3.05) is 19.6 Å². The Hall–Kier alpha value is -3.47. The Labute approximate surface area is 182 Å². The Morgan fingerprint density at radius 2 is 1.68 bits per heavy atom. The third kappa shape index (κ3) is 5.57. The molecule has 0 spiro atoms. The van der Waals surface area contributed by atoms with Gasteiger partial charge in [0, 0.05) is 45.1 Å². The maximum absolute atomic E-state index is 12.5. The summed E-state index contributed by atoms with van der Waals surface area (Å²) in [7, 11) is 0. The maximum Gasteiger partial charge on any atom is 0.325 e. The second-order valence-corrected chi connectivity index (χ2v) is 6.82. The number of carbonyl (C=O) groups is 6. The van der Waals surface area contributed by atoms with Crippen LogP contribution in [-0.4, -0.2) is 65.5 Å². The molecule has 0 radical (unpaired) electrons. The van der Waals surface area contributed by atoms with Crippen LogP contribution in [0.2, 0.25) is 5.02 Å². The van der Waals surface area contributed by atoms with Crippen LogP contribution in [0.4, 0.5) is 4.79 Å². The van der Waals surface area contributed by atoms with Crippen molar-refractivity contribution in [3.63, 3.8) is 0 Å². The predicted molar refractivity (Wildman–Crippen MR) is 105 cm³/mol. The first-order chi connectivity index (χ1) is 14.6. The Morgan fingerprint density at radius 3 is 2.19 bits per heavy atom. The van der Waals surface area contributed by atoms with Crippen molar-refractivity contribution < 1.29 is 38.2 Å². The van der Waals surface area contributed by atoms with Gasteiger partial charge >= 0.3 is 29.8 Å². The molecule has 1 aromatic carbocycles. The highest BCUT2D eigenvalue weighted by Crippen LogP contribution is 2.36. The number of aldehydes is 1. The number of nitrogens with one attached hydrogen (secondary N) is 1. The molecule has 1 saturated heterocycles. The molecule has 11 nitrogen and oxygen atoms in total. The zero-order valence-corrected chi connectivity index (χ0v) is 17.7. The van der Waals surface area contributed by atoms with Crippen LogP contribution in [0, 0.1) is 0 Å². The summed E-state index contributed by atoms with van der Waals surface area (Å²) in [6.07, 6.45) is 0.344. The van der Waals surface area contributed by atoms with Gasteiger partial charge in [-0.2, -0.15) is 0 Å². The van der Waals surface area contributed by atoms with Gasteiger partial charge in [-0.25, -0.2) is 4.79 Å². The van der Waals surface area contributed by atoms with Gasteiger partial charge in [-0.15, -0.1) is 0 Å². The monoisotopic (exact) mass is 453 g/mol. The van der Waals surface area contributed by atoms with Crippen molar-refractivity contribution >= 4 is 47.7 Å². The van der Waals surface area contributed by atoms with Crippen molar-refractivity contribution in [1.29, 1.82) is 0 Å². The minimum absolute atomic E-state index is 0.0168. The number of benzene rings is 1. The fourth-order valence-electron chi connectivity index (χ4n) is 2.82. The molecule has 0 bridgehead atoms. The lowest BCUT2D eigenvalue weighted by Gasteiger charge is -2.32. The molecule has 1 aliphatic heterocycles. The van der Waals surface area contributed by atoms with E-state index in [1.807, 2.05) is 0 Å². The topological polar surface area (TPSA) is 139 Å². The molecule has 1 atom stereocenters. The van der Waals surface area contributed by atoms with Crippen LogP contribution in [0.15, 0.2) is 12.1 Å². The summed E-state index contributed by atoms with van der Waals surface area (Å²) in [6.45, 7) is 4.38. The number of rotatable bonds is 6. The Kier molecular flexibility index (Phi) is 7.70. The van der Waals surface area contributed by atoms with Crippen LogP contribution in [0.5, 0.6) is 11.5 Å². The van der Waals surface area contributed by atoms with Crippen molar-refractivity contribution in [2.24, 2.45) is 0 Å². The second-order valence-electron chi connectivity index (χ2n) is 6.41. The number of nitrogens with zero attached hydrogens (tertiary/aromatic N) is 2. The van der Waals surface area contributed by atoms with Gasteiger partial charge in [0.15, 0.2) is 11.5 Å². The van der Waals surface area contributed by atoms with Crippen molar-refractivity contribution in [3.8, 4) is 11.5 Å². The Bertz CT molecular complexity index is 948. The summed E-state index contributed by atoms with van der Waals surface area (Å²) in [5.41, 5.74) is 0.0168. The van der Waals surface area contributed by atoms with Crippen LogP contribution in [0.25, 0.3) is 0 Å². The fourth-order valence-corrected chi connectivity index (χ4v) is 3.10. The number of esters is 2. The number of hydrogen-bond acceptors (Lipinski definition) is 8. The second kappa shape index (κ2) is 10.0. The lowest BCUT2D eigenvalue weighted by atomic mass is 10.1. The normalized spacial score (nSPS) is 14.7. The number of urea groups is 1. The molecule has 1 aliphatic rings. The number of imide groups is 1. The van der Waals surface area contributed by atoms with E-state index >= 15 is 0 Å². The lowest BCUT2D eigenvalue weighted by Crippen LogP contribution is -2.58. The van der Waals surface area contributed by atoms with Crippen molar-refractivity contribution in [1.82, 2.24) is 15.1 Å². The molecule has 1 unspecified atom stereocenters. The van der Waals surface area contributed by atoms with Gasteiger partial charge in [0.1, 0.15) is 12.3 Å². The first kappa shape index (κ1) is 23.8. The van der Waals surface area contributed by atoms with E-state index in [2.05, 4.69) is 5.32 Å². The Balaban J connectivity index is 2.31. The van der Waals surface area contributed by atoms with E-state index in [0.29, 0.717) is 17.7 Å². The minimum atomic E-state index is -1.35. The van der Waals surface area contributed by atoms with E-state index in [1.54, 1.807) is 6.92 Å². The molecule has 1 aromatic rings. The molecule has 1 heterocycles. The van der Waals surface area contributed by atoms with Crippen LogP contribution >= 0.6 is 11.6 Å². The first-order valence-electron chi connectivity index (χ1n) is 9.15. The van der Waals surface area contributed by atoms with Gasteiger partial charge < -0.3 is 24.5 Å². The van der Waals surface area contributed by atoms with Gasteiger partial charge in [-0.1, -0.05) is 11.6 Å². The van der Waals surface area contributed by atoms with Crippen molar-refractivity contribution in [2.45, 2.75) is 26.8 Å². The van der Waals surface area contributed by atoms with E-state index in [0.717, 1.165) is 26.0 Å². The molecule has 31 heavy (non-hydrogen) atoms. The average molecular weight is 454 g/mol. The van der Waals surface area contributed by atoms with Gasteiger partial charge in [-0.3, -0.25) is 24.1 Å². The molecule has 1 fully saturated rings. The highest BCUT2D eigenvalue weighted by molar-refractivity contribution is 6.38. The smallest absolute Gasteiger partial charge is 0.325 e. The molecule has 4 amide bonds. The first-order valence-corrected chi connectivity index (χ1v) is 9.53. The van der Waals surface area contributed by atoms with Gasteiger partial charge in [0.2, 0.25) is 0 Å². The van der Waals surface area contributed by atoms with Crippen LogP contribution in [0.3, 0.4) is 0 Å². The zero-order chi connectivity index (χ0) is 23.3. The number of ether oxygens (including phenoxy) is 2. The molecule has 0 aliphatic carbocycles. The number of hydrogen-bond donors (Lipinski definition) is 1. The summed E-state index contributed by atoms with van der Waals surface area (Å²) in [6, 6.07) is -0.0229. The molecule has 1 N–H and O–H groups in total. The van der Waals surface area contributed by atoms with Crippen LogP contribution in [0.1, 0.15) is 32.4 Å². The summed E-state index contributed by atoms with van der Waals surface area (Å²) >= 11 is 6.17. The van der Waals surface area contributed by atoms with Crippen LogP contribution < -0.4 is 14.8 Å². The van der Waals surface area contributed by atoms with Gasteiger partial charge in [0.05, 0.1) is 5.02 Å². The quantitative estimate of drug-likeness (QED) is 0.289. The molecule has 166 valence electrons. The van der Waals surface area contributed by atoms with E-state index in [9.17, 15) is 28.8 Å². The lowest BCUT2D eigenvalue weighted by molar-refractivity contribution is -0.153. The molecule has 0 aromatic heterocycles. The average Bonchev–Trinajstić information content (AvgIpc) is 2.69. The summed E-state index contributed by atoms with van der Waals surface area (Å²) in [5, 5.41) is 2.23. The molecule has 12 heteroatoms. The number of halogens is 1. The Morgan fingerprint density at radius 1 is 1.10 bits per heavy atom. The summed E-state index contributed by atoms with van der Waals surface area (Å²) in [4.78, 5) is 73.0.